The van der Waals surface area contributed by atoms with Gasteiger partial charge in [0.05, 0.1) is 16.7 Å². The Bertz CT molecular complexity index is 886. The molecule has 4 heterocycles. The lowest BCUT2D eigenvalue weighted by atomic mass is 10.1. The van der Waals surface area contributed by atoms with Crippen LogP contribution < -0.4 is 15.5 Å². The van der Waals surface area contributed by atoms with Gasteiger partial charge in [-0.1, -0.05) is 0 Å². The molecule has 1 saturated heterocycles. The summed E-state index contributed by atoms with van der Waals surface area (Å²) < 4.78 is 0. The van der Waals surface area contributed by atoms with Crippen molar-refractivity contribution in [2.24, 2.45) is 0 Å². The first kappa shape index (κ1) is 21.0. The van der Waals surface area contributed by atoms with Gasteiger partial charge in [-0.15, -0.1) is 24.2 Å². The topological polar surface area (TPSA) is 93.3 Å². The fraction of sp³-hybridized carbons (Fsp3) is 0.474. The van der Waals surface area contributed by atoms with E-state index in [1.165, 1.54) is 0 Å². The fourth-order valence-corrected chi connectivity index (χ4v) is 4.66. The molecule has 2 aliphatic rings. The van der Waals surface area contributed by atoms with Crippen LogP contribution in [0, 0.1) is 6.92 Å². The number of rotatable bonds is 4. The first-order valence-electron chi connectivity index (χ1n) is 9.29. The Morgan fingerprint density at radius 1 is 1.50 bits per heavy atom. The van der Waals surface area contributed by atoms with E-state index in [2.05, 4.69) is 32.4 Å². The van der Waals surface area contributed by atoms with Gasteiger partial charge >= 0.3 is 0 Å². The number of halogens is 1. The van der Waals surface area contributed by atoms with Crippen LogP contribution in [0.25, 0.3) is 11.0 Å². The number of aromatic amines is 1. The molecule has 152 valence electrons. The van der Waals surface area contributed by atoms with E-state index in [-0.39, 0.29) is 36.5 Å². The van der Waals surface area contributed by atoms with Crippen LogP contribution in [0.5, 0.6) is 0 Å². The number of fused-ring (bicyclic) bond motifs is 1. The number of hydrogen-bond acceptors (Lipinski definition) is 6. The SMILES string of the molecule is Cc1c[nH]c2nccc(N3C=C(C(=O)NC(C)[C@@H]4C[C@H](O)CN4)SCC3)c12.Cl. The van der Waals surface area contributed by atoms with Crippen molar-refractivity contribution in [2.75, 3.05) is 23.7 Å². The molecule has 2 aromatic heterocycles. The zero-order chi connectivity index (χ0) is 19.0. The number of hydrogen-bond donors (Lipinski definition) is 4. The van der Waals surface area contributed by atoms with E-state index in [0.717, 1.165) is 34.6 Å². The highest BCUT2D eigenvalue weighted by molar-refractivity contribution is 8.04. The Morgan fingerprint density at radius 2 is 2.32 bits per heavy atom. The van der Waals surface area contributed by atoms with Gasteiger partial charge in [0.2, 0.25) is 0 Å². The summed E-state index contributed by atoms with van der Waals surface area (Å²) in [5.41, 5.74) is 3.07. The molecule has 2 aromatic rings. The van der Waals surface area contributed by atoms with Crippen molar-refractivity contribution in [2.45, 2.75) is 38.5 Å². The normalized spacial score (nSPS) is 23.2. The lowest BCUT2D eigenvalue weighted by molar-refractivity contribution is -0.117. The molecule has 0 saturated carbocycles. The molecule has 28 heavy (non-hydrogen) atoms. The van der Waals surface area contributed by atoms with Crippen LogP contribution in [0.15, 0.2) is 29.6 Å². The van der Waals surface area contributed by atoms with Crippen LogP contribution in [-0.2, 0) is 4.79 Å². The summed E-state index contributed by atoms with van der Waals surface area (Å²) in [6.45, 7) is 5.47. The molecule has 9 heteroatoms. The molecule has 0 radical (unpaired) electrons. The number of carbonyl (C=O) groups is 1. The average Bonchev–Trinajstić information content (AvgIpc) is 3.28. The zero-order valence-electron chi connectivity index (χ0n) is 15.9. The minimum absolute atomic E-state index is 0. The summed E-state index contributed by atoms with van der Waals surface area (Å²) in [6, 6.07) is 2.07. The van der Waals surface area contributed by atoms with Crippen LogP contribution in [0.1, 0.15) is 18.9 Å². The standard InChI is InChI=1S/C19H25N5O2S.ClH/c1-11-8-22-18-17(11)15(3-4-20-18)24-5-6-27-16(10-24)19(26)23-12(2)14-7-13(25)9-21-14;/h3-4,8,10,12-14,21,25H,5-7,9H2,1-2H3,(H,20,22)(H,23,26);1H/t12?,13-,14-;/m0./s1. The molecule has 4 rings (SSSR count). The van der Waals surface area contributed by atoms with Gasteiger partial charge < -0.3 is 25.6 Å². The van der Waals surface area contributed by atoms with E-state index in [0.29, 0.717) is 17.9 Å². The van der Waals surface area contributed by atoms with Crippen LogP contribution in [-0.4, -0.2) is 58.0 Å². The Morgan fingerprint density at radius 3 is 3.07 bits per heavy atom. The number of amides is 1. The molecule has 0 bridgehead atoms. The Kier molecular flexibility index (Phi) is 6.54. The molecule has 4 N–H and O–H groups in total. The number of aliphatic hydroxyl groups is 1. The van der Waals surface area contributed by atoms with E-state index < -0.39 is 0 Å². The number of nitrogens with zero attached hydrogens (tertiary/aromatic N) is 2. The van der Waals surface area contributed by atoms with Crippen molar-refractivity contribution in [3.63, 3.8) is 0 Å². The summed E-state index contributed by atoms with van der Waals surface area (Å²) in [5, 5.41) is 17.1. The maximum absolute atomic E-state index is 12.8. The number of pyridine rings is 1. The van der Waals surface area contributed by atoms with Crippen molar-refractivity contribution in [1.82, 2.24) is 20.6 Å². The third-order valence-electron chi connectivity index (χ3n) is 5.25. The lowest BCUT2D eigenvalue weighted by Crippen LogP contribution is -2.46. The second-order valence-electron chi connectivity index (χ2n) is 7.23. The number of anilines is 1. The second kappa shape index (κ2) is 8.73. The van der Waals surface area contributed by atoms with E-state index in [1.807, 2.05) is 25.4 Å². The van der Waals surface area contributed by atoms with Gasteiger partial charge in [-0.05, 0) is 31.9 Å². The van der Waals surface area contributed by atoms with Crippen molar-refractivity contribution >= 4 is 46.8 Å². The summed E-state index contributed by atoms with van der Waals surface area (Å²) in [7, 11) is 0. The number of nitrogens with one attached hydrogen (secondary N) is 3. The second-order valence-corrected chi connectivity index (χ2v) is 8.36. The molecule has 2 aliphatic heterocycles. The average molecular weight is 424 g/mol. The van der Waals surface area contributed by atoms with E-state index >= 15 is 0 Å². The number of H-pyrrole nitrogens is 1. The van der Waals surface area contributed by atoms with Crippen LogP contribution >= 0.6 is 24.2 Å². The van der Waals surface area contributed by atoms with E-state index in [4.69, 9.17) is 0 Å². The number of aromatic nitrogens is 2. The Labute approximate surface area is 174 Å². The van der Waals surface area contributed by atoms with Crippen LogP contribution in [0.4, 0.5) is 5.69 Å². The highest BCUT2D eigenvalue weighted by atomic mass is 35.5. The Hall–Kier alpha value is -1.74. The van der Waals surface area contributed by atoms with Crippen molar-refractivity contribution in [3.8, 4) is 0 Å². The molecule has 0 aliphatic carbocycles. The van der Waals surface area contributed by atoms with Gasteiger partial charge in [0.25, 0.3) is 5.91 Å². The zero-order valence-corrected chi connectivity index (χ0v) is 17.6. The molecule has 0 spiro atoms. The third kappa shape index (κ3) is 4.15. The van der Waals surface area contributed by atoms with Gasteiger partial charge in [0.1, 0.15) is 5.65 Å². The maximum Gasteiger partial charge on any atom is 0.259 e. The molecule has 1 fully saturated rings. The lowest BCUT2D eigenvalue weighted by Gasteiger charge is -2.28. The summed E-state index contributed by atoms with van der Waals surface area (Å²) >= 11 is 1.58. The van der Waals surface area contributed by atoms with Crippen molar-refractivity contribution < 1.29 is 9.90 Å². The summed E-state index contributed by atoms with van der Waals surface area (Å²) in [5.74, 6) is 0.790. The van der Waals surface area contributed by atoms with Gasteiger partial charge in [0, 0.05) is 54.9 Å². The molecule has 0 aromatic carbocycles. The predicted octanol–water partition coefficient (Wildman–Crippen LogP) is 1.92. The van der Waals surface area contributed by atoms with E-state index in [9.17, 15) is 9.90 Å². The minimum atomic E-state index is -0.327. The van der Waals surface area contributed by atoms with E-state index in [1.54, 1.807) is 18.0 Å². The first-order valence-corrected chi connectivity index (χ1v) is 10.3. The van der Waals surface area contributed by atoms with Crippen molar-refractivity contribution in [3.05, 3.63) is 35.1 Å². The van der Waals surface area contributed by atoms with Crippen LogP contribution in [0.3, 0.4) is 0 Å². The molecule has 7 nitrogen and oxygen atoms in total. The molecular weight excluding hydrogens is 398 g/mol. The Balaban J connectivity index is 0.00000225. The number of aliphatic hydroxyl groups excluding tert-OH is 1. The van der Waals surface area contributed by atoms with Gasteiger partial charge in [0.15, 0.2) is 0 Å². The van der Waals surface area contributed by atoms with Crippen molar-refractivity contribution in [1.29, 1.82) is 0 Å². The quantitative estimate of drug-likeness (QED) is 0.600. The molecule has 3 atom stereocenters. The highest BCUT2D eigenvalue weighted by Crippen LogP contribution is 2.32. The maximum atomic E-state index is 12.8. The first-order chi connectivity index (χ1) is 13.0. The summed E-state index contributed by atoms with van der Waals surface area (Å²) in [4.78, 5) is 23.2. The fourth-order valence-electron chi connectivity index (χ4n) is 3.76. The van der Waals surface area contributed by atoms with Gasteiger partial charge in [-0.25, -0.2) is 4.98 Å². The smallest absolute Gasteiger partial charge is 0.259 e. The number of β-amino-alcohol motifs (C(OH)–C–C–N with tert-alkyl or cyclic N) is 1. The third-order valence-corrected chi connectivity index (χ3v) is 6.24. The molecular formula is C19H26ClN5O2S. The molecule has 1 amide bonds. The number of carbonyl (C=O) groups excluding carboxylic acids is 1. The minimum Gasteiger partial charge on any atom is -0.392 e. The molecule has 1 unspecified atom stereocenters. The van der Waals surface area contributed by atoms with Crippen LogP contribution in [0.2, 0.25) is 0 Å². The number of aryl methyl sites for hydroxylation is 1. The largest absolute Gasteiger partial charge is 0.392 e. The number of thioether (sulfide) groups is 1. The predicted molar refractivity (Wildman–Crippen MR) is 116 cm³/mol. The van der Waals surface area contributed by atoms with Gasteiger partial charge in [-0.3, -0.25) is 4.79 Å². The summed E-state index contributed by atoms with van der Waals surface area (Å²) in [6.07, 6.45) is 6.03. The highest BCUT2D eigenvalue weighted by Gasteiger charge is 2.29. The van der Waals surface area contributed by atoms with Gasteiger partial charge in [-0.2, -0.15) is 0 Å². The monoisotopic (exact) mass is 423 g/mol.